The fourth-order valence-corrected chi connectivity index (χ4v) is 5.09. The summed E-state index contributed by atoms with van der Waals surface area (Å²) in [5, 5.41) is 17.1. The van der Waals surface area contributed by atoms with E-state index in [1.807, 2.05) is 4.90 Å². The molecule has 6 unspecified atom stereocenters. The van der Waals surface area contributed by atoms with Gasteiger partial charge >= 0.3 is 6.03 Å². The molecule has 154 valence electrons. The van der Waals surface area contributed by atoms with Crippen LogP contribution in [-0.4, -0.2) is 76.1 Å². The molecule has 10 nitrogen and oxygen atoms in total. The van der Waals surface area contributed by atoms with Gasteiger partial charge in [0, 0.05) is 6.61 Å². The second kappa shape index (κ2) is 7.58. The van der Waals surface area contributed by atoms with Crippen molar-refractivity contribution < 1.29 is 14.3 Å². The first-order chi connectivity index (χ1) is 13.7. The number of nitrogens with one attached hydrogen (secondary N) is 4. The molecule has 28 heavy (non-hydrogen) atoms. The summed E-state index contributed by atoms with van der Waals surface area (Å²) in [7, 11) is 0. The summed E-state index contributed by atoms with van der Waals surface area (Å²) >= 11 is 0. The highest BCUT2D eigenvalue weighted by molar-refractivity contribution is 5.78. The van der Waals surface area contributed by atoms with Gasteiger partial charge < -0.3 is 19.7 Å². The quantitative estimate of drug-likeness (QED) is 0.541. The van der Waals surface area contributed by atoms with Gasteiger partial charge in [-0.3, -0.25) is 15.7 Å². The van der Waals surface area contributed by atoms with Gasteiger partial charge in [0.05, 0.1) is 30.3 Å². The van der Waals surface area contributed by atoms with Gasteiger partial charge in [-0.05, 0) is 45.6 Å². The van der Waals surface area contributed by atoms with E-state index in [0.717, 1.165) is 44.5 Å². The van der Waals surface area contributed by atoms with Crippen LogP contribution >= 0.6 is 0 Å². The Hall–Kier alpha value is -1.75. The Bertz CT molecular complexity index is 687. The average Bonchev–Trinajstić information content (AvgIpc) is 3.32. The number of aromatic nitrogens is 3. The van der Waals surface area contributed by atoms with E-state index in [-0.39, 0.29) is 48.8 Å². The molecule has 4 N–H and O–H groups in total. The molecule has 2 bridgehead atoms. The molecule has 1 aromatic heterocycles. The number of carbonyl (C=O) groups is 1. The third kappa shape index (κ3) is 3.28. The summed E-state index contributed by atoms with van der Waals surface area (Å²) < 4.78 is 12.6. The molecule has 0 aliphatic carbocycles. The third-order valence-corrected chi connectivity index (χ3v) is 6.40. The molecule has 1 aromatic rings. The number of amides is 2. The molecule has 0 radical (unpaired) electrons. The van der Waals surface area contributed by atoms with Crippen LogP contribution in [-0.2, 0) is 9.47 Å². The highest BCUT2D eigenvalue weighted by Gasteiger charge is 2.51. The first-order valence-corrected chi connectivity index (χ1v) is 10.4. The number of rotatable bonds is 1. The van der Waals surface area contributed by atoms with Gasteiger partial charge in [-0.1, -0.05) is 0 Å². The fraction of sp³-hybridized carbons (Fsp3) is 0.833. The van der Waals surface area contributed by atoms with Gasteiger partial charge in [0.1, 0.15) is 24.5 Å². The monoisotopic (exact) mass is 391 g/mol. The molecule has 0 spiro atoms. The predicted octanol–water partition coefficient (Wildman–Crippen LogP) is 0.221. The highest BCUT2D eigenvalue weighted by atomic mass is 16.5. The normalized spacial score (nSPS) is 41.5. The van der Waals surface area contributed by atoms with E-state index in [0.29, 0.717) is 6.61 Å². The van der Waals surface area contributed by atoms with Crippen molar-refractivity contribution in [2.45, 2.75) is 81.8 Å². The van der Waals surface area contributed by atoms with Crippen molar-refractivity contribution in [2.24, 2.45) is 0 Å². The van der Waals surface area contributed by atoms with Gasteiger partial charge in [0.15, 0.2) is 0 Å². The van der Waals surface area contributed by atoms with Crippen molar-refractivity contribution in [3.63, 3.8) is 0 Å². The van der Waals surface area contributed by atoms with Crippen molar-refractivity contribution in [3.8, 4) is 0 Å². The summed E-state index contributed by atoms with van der Waals surface area (Å²) in [6, 6.07) is -0.0693. The Morgan fingerprint density at radius 2 is 2.18 bits per heavy atom. The number of nitrogens with zero attached hydrogens (tertiary/aromatic N) is 3. The van der Waals surface area contributed by atoms with Crippen LogP contribution in [0.3, 0.4) is 0 Å². The summed E-state index contributed by atoms with van der Waals surface area (Å²) in [5.74, 6) is 0.929. The van der Waals surface area contributed by atoms with Crippen LogP contribution < -0.4 is 16.0 Å². The van der Waals surface area contributed by atoms with E-state index in [2.05, 4.69) is 38.1 Å². The highest BCUT2D eigenvalue weighted by Crippen LogP contribution is 2.34. The lowest BCUT2D eigenvalue weighted by Crippen LogP contribution is -2.64. The molecule has 10 heteroatoms. The van der Waals surface area contributed by atoms with E-state index in [1.54, 1.807) is 0 Å². The van der Waals surface area contributed by atoms with Crippen molar-refractivity contribution in [2.75, 3.05) is 13.2 Å². The molecule has 7 atom stereocenters. The summed E-state index contributed by atoms with van der Waals surface area (Å²) in [5.41, 5.74) is 0. The molecule has 5 heterocycles. The van der Waals surface area contributed by atoms with E-state index in [1.165, 1.54) is 6.33 Å². The molecule has 0 aromatic carbocycles. The minimum Gasteiger partial charge on any atom is -0.373 e. The number of fused-ring (bicyclic) bond motifs is 3. The van der Waals surface area contributed by atoms with Crippen LogP contribution in [0.4, 0.5) is 4.79 Å². The molecule has 2 amide bonds. The van der Waals surface area contributed by atoms with Crippen molar-refractivity contribution in [1.82, 2.24) is 36.0 Å². The Balaban J connectivity index is 1.43. The van der Waals surface area contributed by atoms with E-state index in [4.69, 9.17) is 9.47 Å². The van der Waals surface area contributed by atoms with Crippen molar-refractivity contribution >= 4 is 6.03 Å². The predicted molar refractivity (Wildman–Crippen MR) is 99.2 cm³/mol. The van der Waals surface area contributed by atoms with Gasteiger partial charge in [0.2, 0.25) is 0 Å². The number of carbonyl (C=O) groups excluding carboxylic acids is 1. The van der Waals surface area contributed by atoms with Crippen LogP contribution in [0.2, 0.25) is 0 Å². The van der Waals surface area contributed by atoms with E-state index in [9.17, 15) is 4.79 Å². The summed E-state index contributed by atoms with van der Waals surface area (Å²) in [6.07, 6.45) is 5.81. The smallest absolute Gasteiger partial charge is 0.320 e. The molecule has 4 aliphatic heterocycles. The van der Waals surface area contributed by atoms with Gasteiger partial charge in [-0.15, -0.1) is 0 Å². The Morgan fingerprint density at radius 3 is 3.04 bits per heavy atom. The van der Waals surface area contributed by atoms with Crippen molar-refractivity contribution in [1.29, 1.82) is 0 Å². The van der Waals surface area contributed by atoms with Crippen molar-refractivity contribution in [3.05, 3.63) is 12.2 Å². The summed E-state index contributed by atoms with van der Waals surface area (Å²) in [6.45, 7) is 3.62. The number of urea groups is 1. The molecule has 4 saturated heterocycles. The number of ether oxygens (including phenoxy) is 2. The van der Waals surface area contributed by atoms with Gasteiger partial charge in [0.25, 0.3) is 0 Å². The zero-order valence-corrected chi connectivity index (χ0v) is 16.1. The maximum Gasteiger partial charge on any atom is 0.320 e. The first-order valence-electron chi connectivity index (χ1n) is 10.4. The maximum absolute atomic E-state index is 12.9. The van der Waals surface area contributed by atoms with Crippen LogP contribution in [0.1, 0.15) is 50.8 Å². The molecule has 4 fully saturated rings. The van der Waals surface area contributed by atoms with E-state index >= 15 is 0 Å². The van der Waals surface area contributed by atoms with Crippen LogP contribution in [0.25, 0.3) is 0 Å². The lowest BCUT2D eigenvalue weighted by Gasteiger charge is -2.45. The van der Waals surface area contributed by atoms with E-state index < -0.39 is 0 Å². The topological polar surface area (TPSA) is 116 Å². The number of hydrogen-bond donors (Lipinski definition) is 4. The number of H-pyrrole nitrogens is 1. The Morgan fingerprint density at radius 1 is 1.25 bits per heavy atom. The van der Waals surface area contributed by atoms with Crippen LogP contribution in [0.15, 0.2) is 6.33 Å². The largest absolute Gasteiger partial charge is 0.373 e. The lowest BCUT2D eigenvalue weighted by molar-refractivity contribution is -0.0973. The second-order valence-electron chi connectivity index (χ2n) is 8.22. The van der Waals surface area contributed by atoms with Crippen LogP contribution in [0.5, 0.6) is 0 Å². The van der Waals surface area contributed by atoms with Crippen LogP contribution in [0, 0.1) is 0 Å². The number of aromatic amines is 1. The van der Waals surface area contributed by atoms with Gasteiger partial charge in [-0.2, -0.15) is 5.10 Å². The molecule has 5 rings (SSSR count). The molecule has 0 saturated carbocycles. The molecular formula is C18H29N7O3. The minimum atomic E-state index is -0.204. The third-order valence-electron chi connectivity index (χ3n) is 6.40. The Kier molecular flexibility index (Phi) is 4.95. The van der Waals surface area contributed by atoms with Gasteiger partial charge in [-0.25, -0.2) is 9.78 Å². The zero-order valence-electron chi connectivity index (χ0n) is 16.1. The maximum atomic E-state index is 12.9. The molecule has 4 aliphatic rings. The second-order valence-corrected chi connectivity index (χ2v) is 8.22. The zero-order chi connectivity index (χ0) is 19.1. The molecular weight excluding hydrogens is 362 g/mol. The SMILES string of the molecule is C[C@@H]1CCCOC2NC(CCC2c2ncn[nH]2)N2C(=O)NC3NCCC(O1)C32. The fourth-order valence-electron chi connectivity index (χ4n) is 5.09. The summed E-state index contributed by atoms with van der Waals surface area (Å²) in [4.78, 5) is 19.2. The number of hydrogen-bond acceptors (Lipinski definition) is 7. The lowest BCUT2D eigenvalue weighted by atomic mass is 9.92. The number of piperidine rings is 2. The Labute approximate surface area is 164 Å². The minimum absolute atomic E-state index is 0.0249. The first kappa shape index (κ1) is 18.3. The standard InChI is InChI=1S/C18H29N7O3/c1-10-3-2-8-27-17-11(15-20-9-21-24-15)4-5-13(22-17)25-14-12(28-10)6-7-19-16(14)23-18(25)26/h9-14,16-17,19,22H,2-8H2,1H3,(H,23,26)(H,20,21,24)/t10-,11?,12?,13?,14?,16?,17?/m1/s1. The average molecular weight is 391 g/mol.